The lowest BCUT2D eigenvalue weighted by Gasteiger charge is -2.10. The van der Waals surface area contributed by atoms with Crippen molar-refractivity contribution in [2.24, 2.45) is 0 Å². The minimum Gasteiger partial charge on any atom is -0.450 e. The van der Waals surface area contributed by atoms with Crippen LogP contribution in [0.5, 0.6) is 0 Å². The van der Waals surface area contributed by atoms with Gasteiger partial charge < -0.3 is 18.5 Å². The number of thioether (sulfide) groups is 1. The number of amides is 1. The van der Waals surface area contributed by atoms with Gasteiger partial charge in [0.05, 0.1) is 24.2 Å². The number of nitrogens with zero attached hydrogens (tertiary/aromatic N) is 2. The lowest BCUT2D eigenvalue weighted by Crippen LogP contribution is -2.13. The van der Waals surface area contributed by atoms with E-state index in [0.29, 0.717) is 35.2 Å². The quantitative estimate of drug-likeness (QED) is 0.266. The van der Waals surface area contributed by atoms with Gasteiger partial charge in [0.2, 0.25) is 0 Å². The van der Waals surface area contributed by atoms with E-state index in [-0.39, 0.29) is 6.61 Å². The molecule has 0 saturated heterocycles. The molecule has 0 spiro atoms. The van der Waals surface area contributed by atoms with Crippen molar-refractivity contribution in [2.75, 3.05) is 25.6 Å². The number of hydrogen-bond donors (Lipinski definition) is 1. The summed E-state index contributed by atoms with van der Waals surface area (Å²) in [4.78, 5) is 28.6. The van der Waals surface area contributed by atoms with Crippen LogP contribution in [-0.4, -0.2) is 36.0 Å². The second kappa shape index (κ2) is 10.3. The van der Waals surface area contributed by atoms with Gasteiger partial charge in [-0.1, -0.05) is 23.4 Å². The molecule has 0 aliphatic heterocycles. The van der Waals surface area contributed by atoms with Crippen LogP contribution in [0.25, 0.3) is 22.0 Å². The molecule has 0 unspecified atom stereocenters. The van der Waals surface area contributed by atoms with E-state index in [9.17, 15) is 9.59 Å². The van der Waals surface area contributed by atoms with Gasteiger partial charge in [0.15, 0.2) is 5.16 Å². The third kappa shape index (κ3) is 5.32. The number of nitrogens with one attached hydrogen (secondary N) is 1. The minimum atomic E-state index is -0.569. The second-order valence-electron chi connectivity index (χ2n) is 7.11. The maximum atomic E-state index is 12.2. The predicted octanol–water partition coefficient (Wildman–Crippen LogP) is 5.30. The molecule has 10 heteroatoms. The Morgan fingerprint density at radius 2 is 2.09 bits per heavy atom. The molecular formula is C23H22ClN3O5S. The molecule has 0 fully saturated rings. The average molecular weight is 488 g/mol. The molecule has 2 aromatic heterocycles. The summed E-state index contributed by atoms with van der Waals surface area (Å²) in [5, 5.41) is 4.81. The summed E-state index contributed by atoms with van der Waals surface area (Å²) >= 11 is 7.65. The van der Waals surface area contributed by atoms with Gasteiger partial charge in [-0.05, 0) is 42.8 Å². The number of fused-ring (bicyclic) bond motifs is 2. The average Bonchev–Trinajstić information content (AvgIpc) is 3.12. The third-order valence-corrected chi connectivity index (χ3v) is 6.16. The fraction of sp³-hybridized carbons (Fsp3) is 0.261. The number of hydrogen-bond acceptors (Lipinski definition) is 7. The summed E-state index contributed by atoms with van der Waals surface area (Å²) in [5.41, 5.74) is 2.96. The summed E-state index contributed by atoms with van der Waals surface area (Å²) in [7, 11) is 1.66. The number of carbonyl (C=O) groups is 1. The molecule has 0 atom stereocenters. The van der Waals surface area contributed by atoms with Crippen LogP contribution in [0.4, 0.5) is 10.5 Å². The van der Waals surface area contributed by atoms with Gasteiger partial charge >= 0.3 is 11.7 Å². The van der Waals surface area contributed by atoms with Gasteiger partial charge in [-0.15, -0.1) is 0 Å². The standard InChI is InChI=1S/C23H22ClN3O5S/c1-3-31-23(29)25-16-5-6-17-14(10-21(28)32-20(17)12-16)13-33-22-26-18-11-15(24)4-7-19(18)27(22)8-9-30-2/h4-7,10-12H,3,8-9,13H2,1-2H3,(H,25,29). The molecule has 2 heterocycles. The Morgan fingerprint density at radius 3 is 2.88 bits per heavy atom. The van der Waals surface area contributed by atoms with E-state index in [2.05, 4.69) is 9.88 Å². The summed E-state index contributed by atoms with van der Waals surface area (Å²) in [6.07, 6.45) is -0.569. The molecule has 8 nitrogen and oxygen atoms in total. The minimum absolute atomic E-state index is 0.261. The number of halogens is 1. The van der Waals surface area contributed by atoms with Crippen LogP contribution in [0.2, 0.25) is 5.02 Å². The Morgan fingerprint density at radius 1 is 1.24 bits per heavy atom. The van der Waals surface area contributed by atoms with E-state index in [1.165, 1.54) is 17.8 Å². The molecule has 4 rings (SSSR count). The Bertz CT molecular complexity index is 1370. The summed E-state index contributed by atoms with van der Waals surface area (Å²) in [5.74, 6) is 0.497. The summed E-state index contributed by atoms with van der Waals surface area (Å²) in [6.45, 7) is 3.16. The number of aromatic nitrogens is 2. The molecule has 2 aromatic carbocycles. The van der Waals surface area contributed by atoms with Crippen LogP contribution in [0, 0.1) is 0 Å². The van der Waals surface area contributed by atoms with E-state index in [0.717, 1.165) is 27.1 Å². The highest BCUT2D eigenvalue weighted by Gasteiger charge is 2.14. The number of methoxy groups -OCH3 is 1. The van der Waals surface area contributed by atoms with Crippen molar-refractivity contribution in [3.8, 4) is 0 Å². The molecule has 0 radical (unpaired) electrons. The molecular weight excluding hydrogens is 466 g/mol. The van der Waals surface area contributed by atoms with E-state index in [4.69, 9.17) is 30.5 Å². The number of carbonyl (C=O) groups excluding carboxylic acids is 1. The highest BCUT2D eigenvalue weighted by molar-refractivity contribution is 7.98. The van der Waals surface area contributed by atoms with Crippen molar-refractivity contribution in [3.05, 3.63) is 63.5 Å². The number of rotatable bonds is 8. The van der Waals surface area contributed by atoms with Gasteiger partial charge in [-0.25, -0.2) is 14.6 Å². The molecule has 172 valence electrons. The Balaban J connectivity index is 1.63. The summed E-state index contributed by atoms with van der Waals surface area (Å²) in [6, 6.07) is 12.2. The van der Waals surface area contributed by atoms with Crippen molar-refractivity contribution in [3.63, 3.8) is 0 Å². The van der Waals surface area contributed by atoms with Gasteiger partial charge in [-0.2, -0.15) is 0 Å². The SMILES string of the molecule is CCOC(=O)Nc1ccc2c(CSc3nc4cc(Cl)ccc4n3CCOC)cc(=O)oc2c1. The van der Waals surface area contributed by atoms with Crippen molar-refractivity contribution in [2.45, 2.75) is 24.4 Å². The monoisotopic (exact) mass is 487 g/mol. The van der Waals surface area contributed by atoms with Gasteiger partial charge in [0, 0.05) is 47.6 Å². The van der Waals surface area contributed by atoms with Crippen molar-refractivity contribution in [1.29, 1.82) is 0 Å². The van der Waals surface area contributed by atoms with Crippen LogP contribution < -0.4 is 10.9 Å². The van der Waals surface area contributed by atoms with Gasteiger partial charge in [0.25, 0.3) is 0 Å². The topological polar surface area (TPSA) is 95.6 Å². The van der Waals surface area contributed by atoms with E-state index in [1.54, 1.807) is 26.2 Å². The zero-order valence-electron chi connectivity index (χ0n) is 18.1. The smallest absolute Gasteiger partial charge is 0.411 e. The number of benzene rings is 2. The Kier molecular flexibility index (Phi) is 7.22. The maximum Gasteiger partial charge on any atom is 0.411 e. The first-order valence-electron chi connectivity index (χ1n) is 10.3. The van der Waals surface area contributed by atoms with Gasteiger partial charge in [-0.3, -0.25) is 5.32 Å². The fourth-order valence-electron chi connectivity index (χ4n) is 3.44. The van der Waals surface area contributed by atoms with Crippen molar-refractivity contribution < 1.29 is 18.7 Å². The first-order chi connectivity index (χ1) is 16.0. The Hall–Kier alpha value is -3.01. The predicted molar refractivity (Wildman–Crippen MR) is 129 cm³/mol. The number of anilines is 1. The Labute approximate surface area is 198 Å². The number of imidazole rings is 1. The normalized spacial score (nSPS) is 11.2. The van der Waals surface area contributed by atoms with Crippen LogP contribution in [0.15, 0.2) is 56.8 Å². The lowest BCUT2D eigenvalue weighted by atomic mass is 10.1. The molecule has 0 bridgehead atoms. The lowest BCUT2D eigenvalue weighted by molar-refractivity contribution is 0.168. The first kappa shape index (κ1) is 23.2. The fourth-order valence-corrected chi connectivity index (χ4v) is 4.64. The van der Waals surface area contributed by atoms with Crippen LogP contribution in [0.3, 0.4) is 0 Å². The molecule has 4 aromatic rings. The van der Waals surface area contributed by atoms with Crippen LogP contribution in [0.1, 0.15) is 12.5 Å². The molecule has 0 aliphatic rings. The highest BCUT2D eigenvalue weighted by atomic mass is 35.5. The molecule has 1 N–H and O–H groups in total. The maximum absolute atomic E-state index is 12.2. The molecule has 1 amide bonds. The van der Waals surface area contributed by atoms with E-state index < -0.39 is 11.7 Å². The zero-order valence-corrected chi connectivity index (χ0v) is 19.7. The first-order valence-corrected chi connectivity index (χ1v) is 11.6. The second-order valence-corrected chi connectivity index (χ2v) is 8.49. The number of ether oxygens (including phenoxy) is 2. The largest absolute Gasteiger partial charge is 0.450 e. The molecule has 0 aliphatic carbocycles. The van der Waals surface area contributed by atoms with Crippen molar-refractivity contribution in [1.82, 2.24) is 9.55 Å². The third-order valence-electron chi connectivity index (χ3n) is 4.90. The van der Waals surface area contributed by atoms with Crippen molar-refractivity contribution >= 4 is 57.1 Å². The van der Waals surface area contributed by atoms with E-state index >= 15 is 0 Å². The molecule has 0 saturated carbocycles. The highest BCUT2D eigenvalue weighted by Crippen LogP contribution is 2.31. The van der Waals surface area contributed by atoms with Crippen LogP contribution >= 0.6 is 23.4 Å². The summed E-state index contributed by atoms with van der Waals surface area (Å²) < 4.78 is 17.6. The zero-order chi connectivity index (χ0) is 23.4. The van der Waals surface area contributed by atoms with Gasteiger partial charge in [0.1, 0.15) is 5.58 Å². The van der Waals surface area contributed by atoms with Crippen LogP contribution in [-0.2, 0) is 21.8 Å². The van der Waals surface area contributed by atoms with E-state index in [1.807, 2.05) is 24.3 Å². The molecule has 33 heavy (non-hydrogen) atoms.